The topological polar surface area (TPSA) is 53.6 Å². The van der Waals surface area contributed by atoms with Gasteiger partial charge in [-0.1, -0.05) is 0 Å². The van der Waals surface area contributed by atoms with Gasteiger partial charge in [-0.25, -0.2) is 0 Å². The molecule has 1 heterocycles. The van der Waals surface area contributed by atoms with Gasteiger partial charge in [-0.05, 0) is 20.8 Å². The largest absolute Gasteiger partial charge is 0.366 e. The molecule has 1 rings (SSSR count). The molecule has 0 aromatic heterocycles. The first-order chi connectivity index (χ1) is 7.97. The Morgan fingerprint density at radius 3 is 2.59 bits per heavy atom. The molecule has 1 fully saturated rings. The monoisotopic (exact) mass is 243 g/mol. The summed E-state index contributed by atoms with van der Waals surface area (Å²) >= 11 is 0. The van der Waals surface area contributed by atoms with Gasteiger partial charge in [-0.3, -0.25) is 9.69 Å². The number of amides is 1. The van der Waals surface area contributed by atoms with Crippen molar-refractivity contribution in [1.29, 1.82) is 0 Å². The summed E-state index contributed by atoms with van der Waals surface area (Å²) in [7, 11) is 0. The lowest BCUT2D eigenvalue weighted by molar-refractivity contribution is -0.130. The van der Waals surface area contributed by atoms with Gasteiger partial charge < -0.3 is 15.4 Å². The van der Waals surface area contributed by atoms with Gasteiger partial charge in [-0.2, -0.15) is 0 Å². The molecule has 0 radical (unpaired) electrons. The lowest BCUT2D eigenvalue weighted by atomic mass is 10.2. The number of carbonyl (C=O) groups is 1. The summed E-state index contributed by atoms with van der Waals surface area (Å²) < 4.78 is 5.40. The molecule has 0 aromatic rings. The van der Waals surface area contributed by atoms with E-state index in [0.29, 0.717) is 6.54 Å². The minimum Gasteiger partial charge on any atom is -0.366 e. The van der Waals surface area contributed by atoms with Gasteiger partial charge >= 0.3 is 0 Å². The predicted octanol–water partition coefficient (Wildman–Crippen LogP) is -0.177. The van der Waals surface area contributed by atoms with Crippen molar-refractivity contribution in [3.8, 4) is 0 Å². The number of rotatable bonds is 5. The molecule has 0 unspecified atom stereocenters. The molecule has 0 spiro atoms. The zero-order valence-corrected chi connectivity index (χ0v) is 11.2. The molecule has 0 bridgehead atoms. The summed E-state index contributed by atoms with van der Waals surface area (Å²) in [6.45, 7) is 11.8. The summed E-state index contributed by atoms with van der Waals surface area (Å²) in [6, 6.07) is 0. The van der Waals surface area contributed by atoms with E-state index in [2.05, 4.69) is 15.5 Å². The molecule has 1 aliphatic rings. The van der Waals surface area contributed by atoms with Gasteiger partial charge in [0.15, 0.2) is 0 Å². The summed E-state index contributed by atoms with van der Waals surface area (Å²) in [4.78, 5) is 13.8. The van der Waals surface area contributed by atoms with E-state index in [9.17, 15) is 4.79 Å². The minimum atomic E-state index is -0.254. The molecule has 0 aliphatic carbocycles. The zero-order chi connectivity index (χ0) is 12.7. The average Bonchev–Trinajstić information content (AvgIpc) is 2.27. The molecule has 100 valence electrons. The third-order valence-corrected chi connectivity index (χ3v) is 2.60. The van der Waals surface area contributed by atoms with E-state index in [4.69, 9.17) is 4.74 Å². The average molecular weight is 243 g/mol. The van der Waals surface area contributed by atoms with E-state index in [1.165, 1.54) is 0 Å². The van der Waals surface area contributed by atoms with Crippen LogP contribution in [0.4, 0.5) is 0 Å². The van der Waals surface area contributed by atoms with Crippen molar-refractivity contribution in [2.75, 3.05) is 45.9 Å². The van der Waals surface area contributed by atoms with E-state index in [-0.39, 0.29) is 18.1 Å². The molecule has 5 heteroatoms. The SMILES string of the molecule is CC(C)(C)OCC(=O)NCCN1CCNCC1. The number of ether oxygens (including phenoxy) is 1. The lowest BCUT2D eigenvalue weighted by Crippen LogP contribution is -2.46. The number of nitrogens with zero attached hydrogens (tertiary/aromatic N) is 1. The van der Waals surface area contributed by atoms with Crippen molar-refractivity contribution in [3.63, 3.8) is 0 Å². The predicted molar refractivity (Wildman–Crippen MR) is 68.0 cm³/mol. The number of carbonyl (C=O) groups excluding carboxylic acids is 1. The van der Waals surface area contributed by atoms with Crippen LogP contribution in [0.1, 0.15) is 20.8 Å². The Morgan fingerprint density at radius 2 is 2.00 bits per heavy atom. The maximum atomic E-state index is 11.5. The third kappa shape index (κ3) is 7.31. The Bertz CT molecular complexity index is 232. The van der Waals surface area contributed by atoms with Crippen molar-refractivity contribution in [1.82, 2.24) is 15.5 Å². The highest BCUT2D eigenvalue weighted by atomic mass is 16.5. The molecule has 1 amide bonds. The molecule has 0 aromatic carbocycles. The summed E-state index contributed by atoms with van der Waals surface area (Å²) in [5.74, 6) is -0.0324. The number of hydrogen-bond donors (Lipinski definition) is 2. The first kappa shape index (κ1) is 14.4. The number of nitrogens with one attached hydrogen (secondary N) is 2. The molecule has 2 N–H and O–H groups in total. The van der Waals surface area contributed by atoms with Crippen LogP contribution in [0.5, 0.6) is 0 Å². The number of hydrogen-bond acceptors (Lipinski definition) is 4. The lowest BCUT2D eigenvalue weighted by Gasteiger charge is -2.27. The highest BCUT2D eigenvalue weighted by molar-refractivity contribution is 5.77. The van der Waals surface area contributed by atoms with E-state index >= 15 is 0 Å². The van der Waals surface area contributed by atoms with E-state index < -0.39 is 0 Å². The smallest absolute Gasteiger partial charge is 0.246 e. The Labute approximate surface area is 104 Å². The standard InChI is InChI=1S/C12H25N3O2/c1-12(2,3)17-10-11(16)14-6-9-15-7-4-13-5-8-15/h13H,4-10H2,1-3H3,(H,14,16). The zero-order valence-electron chi connectivity index (χ0n) is 11.2. The van der Waals surface area contributed by atoms with Crippen molar-refractivity contribution in [2.24, 2.45) is 0 Å². The van der Waals surface area contributed by atoms with Crippen LogP contribution in [-0.2, 0) is 9.53 Å². The maximum Gasteiger partial charge on any atom is 0.246 e. The second-order valence-corrected chi connectivity index (χ2v) is 5.34. The van der Waals surface area contributed by atoms with E-state index in [0.717, 1.165) is 32.7 Å². The van der Waals surface area contributed by atoms with Gasteiger partial charge in [0.05, 0.1) is 5.60 Å². The normalized spacial score (nSPS) is 18.1. The van der Waals surface area contributed by atoms with Crippen molar-refractivity contribution in [2.45, 2.75) is 26.4 Å². The van der Waals surface area contributed by atoms with Gasteiger partial charge in [0.2, 0.25) is 5.91 Å². The van der Waals surface area contributed by atoms with Crippen molar-refractivity contribution in [3.05, 3.63) is 0 Å². The fourth-order valence-electron chi connectivity index (χ4n) is 1.62. The van der Waals surface area contributed by atoms with Crippen LogP contribution in [0, 0.1) is 0 Å². The third-order valence-electron chi connectivity index (χ3n) is 2.60. The van der Waals surface area contributed by atoms with Gasteiger partial charge in [0.1, 0.15) is 6.61 Å². The summed E-state index contributed by atoms with van der Waals surface area (Å²) in [5.41, 5.74) is -0.254. The van der Waals surface area contributed by atoms with E-state index in [1.54, 1.807) is 0 Å². The Hall–Kier alpha value is -0.650. The molecule has 5 nitrogen and oxygen atoms in total. The first-order valence-electron chi connectivity index (χ1n) is 6.31. The fraction of sp³-hybridized carbons (Fsp3) is 0.917. The van der Waals surface area contributed by atoms with Crippen molar-refractivity contribution >= 4 is 5.91 Å². The van der Waals surface area contributed by atoms with Crippen LogP contribution in [0.25, 0.3) is 0 Å². The highest BCUT2D eigenvalue weighted by Gasteiger charge is 2.13. The van der Waals surface area contributed by atoms with Gasteiger partial charge in [0, 0.05) is 39.3 Å². The van der Waals surface area contributed by atoms with E-state index in [1.807, 2.05) is 20.8 Å². The molecular formula is C12H25N3O2. The number of piperazine rings is 1. The van der Waals surface area contributed by atoms with Gasteiger partial charge in [-0.15, -0.1) is 0 Å². The first-order valence-corrected chi connectivity index (χ1v) is 6.31. The van der Waals surface area contributed by atoms with Gasteiger partial charge in [0.25, 0.3) is 0 Å². The van der Waals surface area contributed by atoms with Crippen LogP contribution in [0.3, 0.4) is 0 Å². The Kier molecular flexibility index (Phi) is 5.88. The second-order valence-electron chi connectivity index (χ2n) is 5.34. The van der Waals surface area contributed by atoms with Crippen LogP contribution < -0.4 is 10.6 Å². The summed E-state index contributed by atoms with van der Waals surface area (Å²) in [6.07, 6.45) is 0. The Morgan fingerprint density at radius 1 is 1.35 bits per heavy atom. The maximum absolute atomic E-state index is 11.5. The second kappa shape index (κ2) is 6.93. The molecule has 1 aliphatic heterocycles. The quantitative estimate of drug-likeness (QED) is 0.703. The molecule has 0 atom stereocenters. The molecule has 1 saturated heterocycles. The van der Waals surface area contributed by atoms with Crippen LogP contribution in [0.2, 0.25) is 0 Å². The van der Waals surface area contributed by atoms with Crippen LogP contribution in [-0.4, -0.2) is 62.3 Å². The molecule has 0 saturated carbocycles. The van der Waals surface area contributed by atoms with Crippen molar-refractivity contribution < 1.29 is 9.53 Å². The minimum absolute atomic E-state index is 0.0324. The molecular weight excluding hydrogens is 218 g/mol. The molecule has 17 heavy (non-hydrogen) atoms. The highest BCUT2D eigenvalue weighted by Crippen LogP contribution is 2.05. The Balaban J connectivity index is 2.03. The fourth-order valence-corrected chi connectivity index (χ4v) is 1.62. The van der Waals surface area contributed by atoms with Crippen LogP contribution in [0.15, 0.2) is 0 Å². The summed E-state index contributed by atoms with van der Waals surface area (Å²) in [5, 5.41) is 6.18. The van der Waals surface area contributed by atoms with Crippen LogP contribution >= 0.6 is 0 Å².